The first-order valence-electron chi connectivity index (χ1n) is 5.55. The molecule has 0 spiro atoms. The molecular formula is C14H10FNOS. The molecule has 0 atom stereocenters. The summed E-state index contributed by atoms with van der Waals surface area (Å²) in [5.41, 5.74) is 2.08. The lowest BCUT2D eigenvalue weighted by atomic mass is 10.1. The number of Topliss-reactive ketones (excluding diaryl/α,β-unsaturated/α-hetero) is 1. The van der Waals surface area contributed by atoms with E-state index in [0.29, 0.717) is 11.3 Å². The number of hydrogen-bond donors (Lipinski definition) is 1. The molecule has 2 aromatic rings. The first-order chi connectivity index (χ1) is 8.79. The van der Waals surface area contributed by atoms with Crippen molar-refractivity contribution in [1.82, 2.24) is 0 Å². The molecular weight excluding hydrogens is 249 g/mol. The van der Waals surface area contributed by atoms with Gasteiger partial charge >= 0.3 is 0 Å². The maximum absolute atomic E-state index is 12.6. The average molecular weight is 259 g/mol. The van der Waals surface area contributed by atoms with E-state index in [9.17, 15) is 9.18 Å². The minimum atomic E-state index is -0.968. The summed E-state index contributed by atoms with van der Waals surface area (Å²) >= 11 is 1.59. The number of fused-ring (bicyclic) bond motifs is 2. The predicted octanol–water partition coefficient (Wildman–Crippen LogP) is 4.05. The van der Waals surface area contributed by atoms with Gasteiger partial charge in [-0.15, -0.1) is 0 Å². The number of nitrogens with one attached hydrogen (secondary N) is 1. The Labute approximate surface area is 108 Å². The number of anilines is 2. The second kappa shape index (κ2) is 4.46. The van der Waals surface area contributed by atoms with E-state index in [1.165, 1.54) is 0 Å². The van der Waals surface area contributed by atoms with Gasteiger partial charge in [0.15, 0.2) is 12.5 Å². The summed E-state index contributed by atoms with van der Waals surface area (Å²) in [7, 11) is 0. The van der Waals surface area contributed by atoms with Gasteiger partial charge in [-0.3, -0.25) is 4.79 Å². The third-order valence-electron chi connectivity index (χ3n) is 2.81. The van der Waals surface area contributed by atoms with Gasteiger partial charge < -0.3 is 5.32 Å². The van der Waals surface area contributed by atoms with Crippen molar-refractivity contribution in [2.24, 2.45) is 0 Å². The van der Waals surface area contributed by atoms with Crippen molar-refractivity contribution in [3.05, 3.63) is 48.0 Å². The third-order valence-corrected chi connectivity index (χ3v) is 3.95. The van der Waals surface area contributed by atoms with Crippen molar-refractivity contribution in [3.63, 3.8) is 0 Å². The summed E-state index contributed by atoms with van der Waals surface area (Å²) in [5.74, 6) is -0.487. The van der Waals surface area contributed by atoms with Gasteiger partial charge in [0, 0.05) is 15.4 Å². The van der Waals surface area contributed by atoms with Gasteiger partial charge in [-0.25, -0.2) is 4.39 Å². The van der Waals surface area contributed by atoms with E-state index in [0.717, 1.165) is 15.5 Å². The molecule has 18 heavy (non-hydrogen) atoms. The smallest absolute Gasteiger partial charge is 0.195 e. The molecule has 2 nitrogen and oxygen atoms in total. The van der Waals surface area contributed by atoms with Crippen LogP contribution < -0.4 is 5.32 Å². The summed E-state index contributed by atoms with van der Waals surface area (Å²) in [5, 5.41) is 3.22. The van der Waals surface area contributed by atoms with Crippen LogP contribution >= 0.6 is 11.8 Å². The highest BCUT2D eigenvalue weighted by Gasteiger charge is 2.20. The van der Waals surface area contributed by atoms with Crippen LogP contribution in [0.4, 0.5) is 15.8 Å². The monoisotopic (exact) mass is 259 g/mol. The molecule has 90 valence electrons. The molecule has 0 unspecified atom stereocenters. The number of hydrogen-bond acceptors (Lipinski definition) is 3. The molecule has 0 aromatic heterocycles. The van der Waals surface area contributed by atoms with Crippen LogP contribution in [0.5, 0.6) is 0 Å². The van der Waals surface area contributed by atoms with Crippen LogP contribution in [0.2, 0.25) is 0 Å². The van der Waals surface area contributed by atoms with Gasteiger partial charge in [-0.2, -0.15) is 0 Å². The maximum atomic E-state index is 12.6. The summed E-state index contributed by atoms with van der Waals surface area (Å²) in [6, 6.07) is 13.2. The normalized spacial score (nSPS) is 12.3. The van der Waals surface area contributed by atoms with E-state index in [2.05, 4.69) is 5.32 Å². The zero-order chi connectivity index (χ0) is 12.5. The summed E-state index contributed by atoms with van der Waals surface area (Å²) in [4.78, 5) is 13.6. The molecule has 1 aliphatic rings. The lowest BCUT2D eigenvalue weighted by Crippen LogP contribution is -2.09. The Morgan fingerprint density at radius 3 is 2.72 bits per heavy atom. The molecule has 0 amide bonds. The molecule has 0 fully saturated rings. The maximum Gasteiger partial charge on any atom is 0.195 e. The van der Waals surface area contributed by atoms with Gasteiger partial charge in [0.25, 0.3) is 0 Å². The van der Waals surface area contributed by atoms with Crippen molar-refractivity contribution in [2.45, 2.75) is 9.79 Å². The summed E-state index contributed by atoms with van der Waals surface area (Å²) in [6.45, 7) is -0.968. The standard InChI is InChI=1S/C14H10FNOS/c15-8-11(17)9-4-3-7-13-14(9)16-10-5-1-2-6-12(10)18-13/h1-7,16H,8H2. The van der Waals surface area contributed by atoms with E-state index in [1.807, 2.05) is 30.3 Å². The molecule has 0 saturated carbocycles. The Balaban J connectivity index is 2.10. The molecule has 2 aromatic carbocycles. The second-order valence-corrected chi connectivity index (χ2v) is 5.04. The number of alkyl halides is 1. The second-order valence-electron chi connectivity index (χ2n) is 3.96. The number of rotatable bonds is 2. The summed E-state index contributed by atoms with van der Waals surface area (Å²) < 4.78 is 12.6. The van der Waals surface area contributed by atoms with Gasteiger partial charge in [0.05, 0.1) is 11.4 Å². The first kappa shape index (κ1) is 11.3. The third kappa shape index (κ3) is 1.78. The lowest BCUT2D eigenvalue weighted by Gasteiger charge is -2.22. The highest BCUT2D eigenvalue weighted by molar-refractivity contribution is 7.99. The van der Waals surface area contributed by atoms with Crippen molar-refractivity contribution < 1.29 is 9.18 Å². The first-order valence-corrected chi connectivity index (χ1v) is 6.37. The Kier molecular flexibility index (Phi) is 2.80. The fourth-order valence-corrected chi connectivity index (χ4v) is 2.98. The number of carbonyl (C=O) groups is 1. The number of ketones is 1. The Hall–Kier alpha value is -1.81. The van der Waals surface area contributed by atoms with E-state index in [1.54, 1.807) is 23.9 Å². The Morgan fingerprint density at radius 1 is 1.11 bits per heavy atom. The zero-order valence-corrected chi connectivity index (χ0v) is 10.3. The largest absolute Gasteiger partial charge is 0.353 e. The minimum absolute atomic E-state index is 0.414. The van der Waals surface area contributed by atoms with Gasteiger partial charge in [-0.1, -0.05) is 30.0 Å². The molecule has 3 rings (SSSR count). The number of carbonyl (C=O) groups excluding carboxylic acids is 1. The number of halogens is 1. The Morgan fingerprint density at radius 2 is 1.89 bits per heavy atom. The lowest BCUT2D eigenvalue weighted by molar-refractivity contribution is 0.0959. The average Bonchev–Trinajstić information content (AvgIpc) is 2.43. The van der Waals surface area contributed by atoms with E-state index >= 15 is 0 Å². The van der Waals surface area contributed by atoms with E-state index in [-0.39, 0.29) is 0 Å². The molecule has 1 heterocycles. The van der Waals surface area contributed by atoms with Crippen LogP contribution in [-0.2, 0) is 0 Å². The fraction of sp³-hybridized carbons (Fsp3) is 0.0714. The SMILES string of the molecule is O=C(CF)c1cccc2c1Nc1ccccc1S2. The Bertz CT molecular complexity index is 627. The molecule has 1 N–H and O–H groups in total. The molecule has 0 aliphatic carbocycles. The molecule has 0 saturated heterocycles. The number of benzene rings is 2. The quantitative estimate of drug-likeness (QED) is 0.704. The molecule has 0 bridgehead atoms. The van der Waals surface area contributed by atoms with Gasteiger partial charge in [-0.05, 0) is 24.3 Å². The van der Waals surface area contributed by atoms with Crippen molar-refractivity contribution in [2.75, 3.05) is 12.0 Å². The molecule has 4 heteroatoms. The van der Waals surface area contributed by atoms with E-state index < -0.39 is 12.5 Å². The molecule has 0 radical (unpaired) electrons. The highest BCUT2D eigenvalue weighted by Crippen LogP contribution is 2.45. The van der Waals surface area contributed by atoms with Crippen LogP contribution in [0.3, 0.4) is 0 Å². The summed E-state index contributed by atoms with van der Waals surface area (Å²) in [6.07, 6.45) is 0. The van der Waals surface area contributed by atoms with Crippen LogP contribution in [-0.4, -0.2) is 12.5 Å². The van der Waals surface area contributed by atoms with Crippen molar-refractivity contribution in [1.29, 1.82) is 0 Å². The van der Waals surface area contributed by atoms with Gasteiger partial charge in [0.2, 0.25) is 0 Å². The van der Waals surface area contributed by atoms with E-state index in [4.69, 9.17) is 0 Å². The predicted molar refractivity (Wildman–Crippen MR) is 70.6 cm³/mol. The topological polar surface area (TPSA) is 29.1 Å². The van der Waals surface area contributed by atoms with Crippen molar-refractivity contribution in [3.8, 4) is 0 Å². The zero-order valence-electron chi connectivity index (χ0n) is 9.44. The fourth-order valence-electron chi connectivity index (χ4n) is 1.96. The number of para-hydroxylation sites is 2. The van der Waals surface area contributed by atoms with Crippen LogP contribution in [0.1, 0.15) is 10.4 Å². The van der Waals surface area contributed by atoms with Crippen LogP contribution in [0.15, 0.2) is 52.3 Å². The minimum Gasteiger partial charge on any atom is -0.353 e. The van der Waals surface area contributed by atoms with Crippen LogP contribution in [0, 0.1) is 0 Å². The highest BCUT2D eigenvalue weighted by atomic mass is 32.2. The van der Waals surface area contributed by atoms with Gasteiger partial charge in [0.1, 0.15) is 0 Å². The van der Waals surface area contributed by atoms with Crippen LogP contribution in [0.25, 0.3) is 0 Å². The molecule has 1 aliphatic heterocycles. The van der Waals surface area contributed by atoms with Crippen molar-refractivity contribution >= 4 is 28.9 Å².